The average molecular weight is 388 g/mol. The third-order valence-corrected chi connectivity index (χ3v) is 4.56. The number of rotatable bonds is 2. The molecule has 1 atom stereocenters. The minimum Gasteiger partial charge on any atom is -0.444 e. The van der Waals surface area contributed by atoms with E-state index in [1.54, 1.807) is 32.9 Å². The number of ether oxygens (including phenoxy) is 1. The van der Waals surface area contributed by atoms with Crippen LogP contribution in [-0.4, -0.2) is 52.0 Å². The highest BCUT2D eigenvalue weighted by Gasteiger charge is 2.48. The second-order valence-electron chi connectivity index (χ2n) is 8.85. The summed E-state index contributed by atoms with van der Waals surface area (Å²) in [6, 6.07) is 5.29. The molecule has 2 aliphatic rings. The number of carbonyl (C=O) groups is 4. The molecule has 1 aromatic rings. The van der Waals surface area contributed by atoms with E-state index in [1.165, 1.54) is 17.0 Å². The SMILES string of the molecule is CC1(C)C[C@@H](C(=O)ON2C(=O)c3ccccc3C2=O)N(C(=O)OC(C)(C)C)C1. The monoisotopic (exact) mass is 388 g/mol. The Morgan fingerprint density at radius 2 is 1.61 bits per heavy atom. The maximum Gasteiger partial charge on any atom is 0.411 e. The van der Waals surface area contributed by atoms with Crippen molar-refractivity contribution in [1.82, 2.24) is 9.96 Å². The summed E-state index contributed by atoms with van der Waals surface area (Å²) >= 11 is 0. The molecule has 1 saturated heterocycles. The molecule has 2 aliphatic heterocycles. The smallest absolute Gasteiger partial charge is 0.411 e. The number of amides is 3. The molecular formula is C20H24N2O6. The van der Waals surface area contributed by atoms with Crippen LogP contribution in [0.5, 0.6) is 0 Å². The predicted octanol–water partition coefficient (Wildman–Crippen LogP) is 2.78. The van der Waals surface area contributed by atoms with E-state index < -0.39 is 35.5 Å². The molecule has 0 aromatic heterocycles. The number of fused-ring (bicyclic) bond motifs is 1. The van der Waals surface area contributed by atoms with Crippen molar-refractivity contribution < 1.29 is 28.8 Å². The van der Waals surface area contributed by atoms with Gasteiger partial charge >= 0.3 is 12.1 Å². The number of likely N-dealkylation sites (tertiary alicyclic amines) is 1. The number of hydroxylamine groups is 2. The zero-order valence-corrected chi connectivity index (χ0v) is 16.6. The lowest BCUT2D eigenvalue weighted by Crippen LogP contribution is -2.46. The Hall–Kier alpha value is -2.90. The van der Waals surface area contributed by atoms with Gasteiger partial charge in [-0.2, -0.15) is 0 Å². The molecule has 8 heteroatoms. The summed E-state index contributed by atoms with van der Waals surface area (Å²) in [5.74, 6) is -2.24. The van der Waals surface area contributed by atoms with Crippen molar-refractivity contribution in [2.75, 3.05) is 6.54 Å². The molecule has 0 aliphatic carbocycles. The molecule has 0 N–H and O–H groups in total. The largest absolute Gasteiger partial charge is 0.444 e. The quantitative estimate of drug-likeness (QED) is 0.723. The highest BCUT2D eigenvalue weighted by molar-refractivity contribution is 6.20. The molecule has 0 radical (unpaired) electrons. The molecule has 1 fully saturated rings. The standard InChI is InChI=1S/C20H24N2O6/c1-19(2,3)27-18(26)21-11-20(4,5)10-14(21)17(25)28-22-15(23)12-8-6-7-9-13(12)16(22)24/h6-9,14H,10-11H2,1-5H3/t14-/m0/s1. The van der Waals surface area contributed by atoms with Gasteiger partial charge in [-0.05, 0) is 44.7 Å². The number of hydrogen-bond donors (Lipinski definition) is 0. The van der Waals surface area contributed by atoms with Crippen LogP contribution in [0.3, 0.4) is 0 Å². The van der Waals surface area contributed by atoms with Crippen molar-refractivity contribution in [1.29, 1.82) is 0 Å². The third-order valence-electron chi connectivity index (χ3n) is 4.56. The zero-order valence-electron chi connectivity index (χ0n) is 16.6. The zero-order chi connectivity index (χ0) is 20.9. The van der Waals surface area contributed by atoms with Crippen LogP contribution in [0.25, 0.3) is 0 Å². The normalized spacial score (nSPS) is 21.0. The van der Waals surface area contributed by atoms with E-state index in [9.17, 15) is 19.2 Å². The Balaban J connectivity index is 1.78. The molecule has 1 aromatic carbocycles. The van der Waals surface area contributed by atoms with E-state index in [0.717, 1.165) is 0 Å². The fraction of sp³-hybridized carbons (Fsp3) is 0.500. The molecule has 3 rings (SSSR count). The molecule has 0 spiro atoms. The van der Waals surface area contributed by atoms with Gasteiger partial charge in [-0.15, -0.1) is 0 Å². The van der Waals surface area contributed by atoms with Gasteiger partial charge in [-0.3, -0.25) is 14.5 Å². The molecule has 0 bridgehead atoms. The van der Waals surface area contributed by atoms with E-state index >= 15 is 0 Å². The van der Waals surface area contributed by atoms with E-state index in [1.807, 2.05) is 13.8 Å². The summed E-state index contributed by atoms with van der Waals surface area (Å²) in [6.07, 6.45) is -0.309. The highest BCUT2D eigenvalue weighted by Crippen LogP contribution is 2.36. The molecule has 3 amide bonds. The van der Waals surface area contributed by atoms with Crippen LogP contribution in [0.4, 0.5) is 4.79 Å². The van der Waals surface area contributed by atoms with Crippen molar-refractivity contribution >= 4 is 23.9 Å². The minimum absolute atomic E-state index is 0.177. The summed E-state index contributed by atoms with van der Waals surface area (Å²) in [5.41, 5.74) is -0.712. The Morgan fingerprint density at radius 3 is 2.11 bits per heavy atom. The molecule has 0 saturated carbocycles. The number of nitrogens with zero attached hydrogens (tertiary/aromatic N) is 2. The first-order chi connectivity index (χ1) is 12.9. The average Bonchev–Trinajstić information content (AvgIpc) is 3.03. The molecular weight excluding hydrogens is 364 g/mol. The predicted molar refractivity (Wildman–Crippen MR) is 98.2 cm³/mol. The van der Waals surface area contributed by atoms with Crippen LogP contribution in [-0.2, 0) is 14.4 Å². The Bertz CT molecular complexity index is 819. The van der Waals surface area contributed by atoms with E-state index in [4.69, 9.17) is 9.57 Å². The Kier molecular flexibility index (Phi) is 4.69. The van der Waals surface area contributed by atoms with Gasteiger partial charge in [-0.1, -0.05) is 31.0 Å². The molecule has 2 heterocycles. The van der Waals surface area contributed by atoms with Crippen molar-refractivity contribution in [3.63, 3.8) is 0 Å². The lowest BCUT2D eigenvalue weighted by Gasteiger charge is -2.28. The fourth-order valence-corrected chi connectivity index (χ4v) is 3.39. The van der Waals surface area contributed by atoms with Gasteiger partial charge in [0.1, 0.15) is 11.6 Å². The Morgan fingerprint density at radius 1 is 1.07 bits per heavy atom. The Labute approximate surface area is 163 Å². The van der Waals surface area contributed by atoms with Crippen LogP contribution < -0.4 is 0 Å². The molecule has 150 valence electrons. The second-order valence-corrected chi connectivity index (χ2v) is 8.85. The topological polar surface area (TPSA) is 93.2 Å². The summed E-state index contributed by atoms with van der Waals surface area (Å²) in [6.45, 7) is 9.33. The maximum atomic E-state index is 12.8. The highest BCUT2D eigenvalue weighted by atomic mass is 16.7. The summed E-state index contributed by atoms with van der Waals surface area (Å²) in [7, 11) is 0. The number of carbonyl (C=O) groups excluding carboxylic acids is 4. The van der Waals surface area contributed by atoms with Crippen molar-refractivity contribution in [3.05, 3.63) is 35.4 Å². The molecule has 8 nitrogen and oxygen atoms in total. The van der Waals surface area contributed by atoms with Gasteiger partial charge in [0.05, 0.1) is 11.1 Å². The van der Waals surface area contributed by atoms with Crippen LogP contribution >= 0.6 is 0 Å². The summed E-state index contributed by atoms with van der Waals surface area (Å²) < 4.78 is 5.39. The first-order valence-electron chi connectivity index (χ1n) is 9.09. The van der Waals surface area contributed by atoms with Crippen molar-refractivity contribution in [3.8, 4) is 0 Å². The second kappa shape index (κ2) is 6.61. The summed E-state index contributed by atoms with van der Waals surface area (Å²) in [5, 5.41) is 0.464. The van der Waals surface area contributed by atoms with Crippen molar-refractivity contribution in [2.45, 2.75) is 52.7 Å². The van der Waals surface area contributed by atoms with E-state index in [-0.39, 0.29) is 16.5 Å². The van der Waals surface area contributed by atoms with Crippen LogP contribution in [0.2, 0.25) is 0 Å². The van der Waals surface area contributed by atoms with Crippen LogP contribution in [0.1, 0.15) is 61.8 Å². The first-order valence-corrected chi connectivity index (χ1v) is 9.09. The maximum absolute atomic E-state index is 12.8. The van der Waals surface area contributed by atoms with Gasteiger partial charge in [0.15, 0.2) is 0 Å². The van der Waals surface area contributed by atoms with Gasteiger partial charge in [0.25, 0.3) is 11.8 Å². The first kappa shape index (κ1) is 19.9. The number of imide groups is 1. The van der Waals surface area contributed by atoms with Crippen molar-refractivity contribution in [2.24, 2.45) is 5.41 Å². The van der Waals surface area contributed by atoms with Crippen LogP contribution in [0, 0.1) is 5.41 Å². The lowest BCUT2D eigenvalue weighted by atomic mass is 9.91. The fourth-order valence-electron chi connectivity index (χ4n) is 3.39. The van der Waals surface area contributed by atoms with E-state index in [2.05, 4.69) is 0 Å². The lowest BCUT2D eigenvalue weighted by molar-refractivity contribution is -0.173. The van der Waals surface area contributed by atoms with Gasteiger partial charge in [-0.25, -0.2) is 9.59 Å². The minimum atomic E-state index is -0.950. The van der Waals surface area contributed by atoms with Gasteiger partial charge < -0.3 is 9.57 Å². The van der Waals surface area contributed by atoms with E-state index in [0.29, 0.717) is 18.0 Å². The summed E-state index contributed by atoms with van der Waals surface area (Å²) in [4.78, 5) is 56.6. The molecule has 0 unspecified atom stereocenters. The van der Waals surface area contributed by atoms with Crippen LogP contribution in [0.15, 0.2) is 24.3 Å². The third kappa shape index (κ3) is 3.72. The molecule has 28 heavy (non-hydrogen) atoms. The number of benzene rings is 1. The van der Waals surface area contributed by atoms with Gasteiger partial charge in [0, 0.05) is 6.54 Å². The van der Waals surface area contributed by atoms with Gasteiger partial charge in [0.2, 0.25) is 0 Å². The number of hydrogen-bond acceptors (Lipinski definition) is 6.